The number of hydrogen-bond acceptors (Lipinski definition) is 2. The van der Waals surface area contributed by atoms with E-state index in [0.717, 1.165) is 12.8 Å². The van der Waals surface area contributed by atoms with Crippen molar-refractivity contribution in [2.24, 2.45) is 5.92 Å². The molecule has 0 amide bonds. The highest BCUT2D eigenvalue weighted by Gasteiger charge is 2.33. The van der Waals surface area contributed by atoms with E-state index in [2.05, 4.69) is 28.1 Å². The quantitative estimate of drug-likeness (QED) is 0.687. The lowest BCUT2D eigenvalue weighted by atomic mass is 9.76. The van der Waals surface area contributed by atoms with Gasteiger partial charge in [0.25, 0.3) is 0 Å². The second-order valence-corrected chi connectivity index (χ2v) is 6.85. The molecule has 17 heavy (non-hydrogen) atoms. The molecule has 3 unspecified atom stereocenters. The highest BCUT2D eigenvalue weighted by atomic mass is 79.9. The fourth-order valence-corrected chi connectivity index (χ4v) is 4.76. The molecule has 1 saturated carbocycles. The molecule has 2 rings (SSSR count). The van der Waals surface area contributed by atoms with E-state index in [9.17, 15) is 8.42 Å². The Kier molecular flexibility index (Phi) is 4.62. The predicted molar refractivity (Wildman–Crippen MR) is 74.4 cm³/mol. The Morgan fingerprint density at radius 2 is 1.88 bits per heavy atom. The average molecular weight is 317 g/mol. The first-order valence-electron chi connectivity index (χ1n) is 5.99. The van der Waals surface area contributed by atoms with Crippen molar-refractivity contribution in [3.05, 3.63) is 35.9 Å². The number of halogens is 1. The number of hydrogen-bond donors (Lipinski definition) is 1. The summed E-state index contributed by atoms with van der Waals surface area (Å²) in [5.74, 6) is 0.889. The molecule has 0 bridgehead atoms. The van der Waals surface area contributed by atoms with E-state index in [1.807, 2.05) is 18.2 Å². The van der Waals surface area contributed by atoms with Crippen LogP contribution in [0.5, 0.6) is 0 Å². The van der Waals surface area contributed by atoms with Gasteiger partial charge in [-0.25, -0.2) is 8.42 Å². The molecule has 2 nitrogen and oxygen atoms in total. The molecule has 3 atom stereocenters. The Bertz CT molecular complexity index is 422. The van der Waals surface area contributed by atoms with Gasteiger partial charge in [-0.1, -0.05) is 52.7 Å². The van der Waals surface area contributed by atoms with Crippen molar-refractivity contribution in [3.8, 4) is 0 Å². The van der Waals surface area contributed by atoms with Crippen molar-refractivity contribution in [3.63, 3.8) is 0 Å². The lowest BCUT2D eigenvalue weighted by Gasteiger charge is -2.34. The van der Waals surface area contributed by atoms with Gasteiger partial charge in [0.2, 0.25) is 0 Å². The van der Waals surface area contributed by atoms with Crippen LogP contribution in [0.15, 0.2) is 30.3 Å². The summed E-state index contributed by atoms with van der Waals surface area (Å²) in [5, 5.41) is 0. The average Bonchev–Trinajstić information content (AvgIpc) is 2.32. The van der Waals surface area contributed by atoms with Crippen LogP contribution >= 0.6 is 15.9 Å². The Morgan fingerprint density at radius 3 is 2.53 bits per heavy atom. The van der Waals surface area contributed by atoms with Gasteiger partial charge in [-0.3, -0.25) is 0 Å². The van der Waals surface area contributed by atoms with Crippen LogP contribution in [0.1, 0.15) is 30.7 Å². The normalized spacial score (nSPS) is 29.4. The molecular weight excluding hydrogens is 300 g/mol. The van der Waals surface area contributed by atoms with E-state index in [4.69, 9.17) is 0 Å². The molecule has 1 aromatic rings. The molecule has 0 aliphatic heterocycles. The zero-order valence-corrected chi connectivity index (χ0v) is 12.1. The van der Waals surface area contributed by atoms with E-state index in [1.165, 1.54) is 12.0 Å². The van der Waals surface area contributed by atoms with Crippen LogP contribution in [0.25, 0.3) is 0 Å². The summed E-state index contributed by atoms with van der Waals surface area (Å²) in [4.78, 5) is 0.328. The molecule has 94 valence electrons. The van der Waals surface area contributed by atoms with Gasteiger partial charge in [-0.05, 0) is 30.2 Å². The van der Waals surface area contributed by atoms with Gasteiger partial charge in [0, 0.05) is 4.83 Å². The van der Waals surface area contributed by atoms with Gasteiger partial charge in [0.15, 0.2) is 0 Å². The van der Waals surface area contributed by atoms with Crippen molar-refractivity contribution in [1.82, 2.24) is 0 Å². The van der Waals surface area contributed by atoms with Crippen molar-refractivity contribution in [2.75, 3.05) is 5.75 Å². The summed E-state index contributed by atoms with van der Waals surface area (Å²) < 4.78 is 22.0. The van der Waals surface area contributed by atoms with E-state index in [0.29, 0.717) is 16.5 Å². The standard InChI is InChI=1S/C13H17BrO2S/c14-13-8-4-7-11(12(13)9-17(15)16)10-5-2-1-3-6-10/h1-3,5-6,11-13,17H,4,7-9H2. The number of alkyl halides is 1. The lowest BCUT2D eigenvalue weighted by Crippen LogP contribution is -2.30. The van der Waals surface area contributed by atoms with Gasteiger partial charge in [0.05, 0.1) is 5.75 Å². The minimum absolute atomic E-state index is 0.215. The van der Waals surface area contributed by atoms with Gasteiger partial charge in [-0.2, -0.15) is 0 Å². The second kappa shape index (κ2) is 6.01. The highest BCUT2D eigenvalue weighted by Crippen LogP contribution is 2.41. The minimum atomic E-state index is -2.30. The van der Waals surface area contributed by atoms with E-state index < -0.39 is 10.7 Å². The maximum Gasteiger partial charge on any atom is 0.140 e. The topological polar surface area (TPSA) is 34.1 Å². The van der Waals surface area contributed by atoms with Gasteiger partial charge in [0.1, 0.15) is 10.7 Å². The Hall–Kier alpha value is -0.350. The van der Waals surface area contributed by atoms with Crippen LogP contribution in [-0.2, 0) is 10.7 Å². The summed E-state index contributed by atoms with van der Waals surface area (Å²) in [6.45, 7) is 0. The van der Waals surface area contributed by atoms with Gasteiger partial charge < -0.3 is 0 Å². The van der Waals surface area contributed by atoms with Crippen LogP contribution in [0, 0.1) is 5.92 Å². The van der Waals surface area contributed by atoms with Crippen LogP contribution < -0.4 is 0 Å². The minimum Gasteiger partial charge on any atom is -0.232 e. The molecule has 1 aromatic carbocycles. The predicted octanol–water partition coefficient (Wildman–Crippen LogP) is 2.95. The van der Waals surface area contributed by atoms with Crippen LogP contribution in [0.2, 0.25) is 0 Å². The molecule has 0 saturated heterocycles. The second-order valence-electron chi connectivity index (χ2n) is 4.64. The maximum absolute atomic E-state index is 11.0. The summed E-state index contributed by atoms with van der Waals surface area (Å²) in [5.41, 5.74) is 1.28. The highest BCUT2D eigenvalue weighted by molar-refractivity contribution is 9.09. The first kappa shape index (κ1) is 13.1. The van der Waals surface area contributed by atoms with Crippen LogP contribution in [-0.4, -0.2) is 19.0 Å². The molecule has 0 N–H and O–H groups in total. The van der Waals surface area contributed by atoms with E-state index >= 15 is 0 Å². The molecule has 0 aromatic heterocycles. The molecule has 1 fully saturated rings. The fraction of sp³-hybridized carbons (Fsp3) is 0.538. The number of thiol groups is 1. The zero-order valence-electron chi connectivity index (χ0n) is 9.59. The molecular formula is C13H17BrO2S. The van der Waals surface area contributed by atoms with Gasteiger partial charge in [-0.15, -0.1) is 0 Å². The number of rotatable bonds is 3. The largest absolute Gasteiger partial charge is 0.232 e. The molecule has 0 spiro atoms. The SMILES string of the molecule is O=[SH](=O)CC1C(Br)CCCC1c1ccccc1. The third kappa shape index (κ3) is 3.32. The third-order valence-corrected chi connectivity index (χ3v) is 5.42. The summed E-state index contributed by atoms with van der Waals surface area (Å²) >= 11 is 3.65. The zero-order chi connectivity index (χ0) is 12.3. The van der Waals surface area contributed by atoms with Crippen LogP contribution in [0.3, 0.4) is 0 Å². The molecule has 4 heteroatoms. The molecule has 0 heterocycles. The smallest absolute Gasteiger partial charge is 0.140 e. The molecule has 1 aliphatic carbocycles. The van der Waals surface area contributed by atoms with Crippen molar-refractivity contribution in [2.45, 2.75) is 30.0 Å². The van der Waals surface area contributed by atoms with Crippen molar-refractivity contribution < 1.29 is 8.42 Å². The maximum atomic E-state index is 11.0. The van der Waals surface area contributed by atoms with Crippen molar-refractivity contribution in [1.29, 1.82) is 0 Å². The Labute approximate surface area is 113 Å². The van der Waals surface area contributed by atoms with Crippen molar-refractivity contribution >= 4 is 26.6 Å². The summed E-state index contributed by atoms with van der Waals surface area (Å²) in [7, 11) is -2.30. The van der Waals surface area contributed by atoms with Gasteiger partial charge >= 0.3 is 0 Å². The van der Waals surface area contributed by atoms with Crippen LogP contribution in [0.4, 0.5) is 0 Å². The molecule has 0 radical (unpaired) electrons. The monoisotopic (exact) mass is 316 g/mol. The Balaban J connectivity index is 2.23. The first-order valence-corrected chi connectivity index (χ1v) is 8.27. The number of benzene rings is 1. The summed E-state index contributed by atoms with van der Waals surface area (Å²) in [6, 6.07) is 10.3. The van der Waals surface area contributed by atoms with E-state index in [-0.39, 0.29) is 5.92 Å². The Morgan fingerprint density at radius 1 is 1.18 bits per heavy atom. The van der Waals surface area contributed by atoms with E-state index in [1.54, 1.807) is 0 Å². The third-order valence-electron chi connectivity index (χ3n) is 3.56. The fourth-order valence-electron chi connectivity index (χ4n) is 2.74. The summed E-state index contributed by atoms with van der Waals surface area (Å²) in [6.07, 6.45) is 3.35. The first-order chi connectivity index (χ1) is 8.18. The molecule has 1 aliphatic rings. The lowest BCUT2D eigenvalue weighted by molar-refractivity contribution is 0.347.